The van der Waals surface area contributed by atoms with Crippen LogP contribution in [-0.2, 0) is 11.8 Å². The fourth-order valence-corrected chi connectivity index (χ4v) is 2.62. The number of amides is 1. The number of aromatic hydroxyl groups is 1. The van der Waals surface area contributed by atoms with Gasteiger partial charge in [-0.3, -0.25) is 4.79 Å². The molecule has 0 saturated carbocycles. The van der Waals surface area contributed by atoms with Gasteiger partial charge in [-0.1, -0.05) is 26.8 Å². The van der Waals surface area contributed by atoms with Crippen LogP contribution < -0.4 is 10.1 Å². The number of phenolic OH excluding ortho intramolecular Hbond substituents is 1. The van der Waals surface area contributed by atoms with Crippen molar-refractivity contribution in [2.75, 3.05) is 11.9 Å². The molecule has 1 aliphatic rings. The topological polar surface area (TPSA) is 58.6 Å². The molecule has 0 unspecified atom stereocenters. The SMILES string of the molecule is CC(C)(C)c1ccc(O)c(NC(=O)c2ccc3c(c2)CCO3)c1. The van der Waals surface area contributed by atoms with Crippen LogP contribution in [0.2, 0.25) is 0 Å². The molecule has 1 aliphatic heterocycles. The average molecular weight is 311 g/mol. The molecule has 0 spiro atoms. The lowest BCUT2D eigenvalue weighted by Gasteiger charge is -2.20. The molecule has 0 aromatic heterocycles. The second kappa shape index (κ2) is 5.61. The summed E-state index contributed by atoms with van der Waals surface area (Å²) in [5.74, 6) is 0.677. The summed E-state index contributed by atoms with van der Waals surface area (Å²) >= 11 is 0. The average Bonchev–Trinajstić information content (AvgIpc) is 2.95. The van der Waals surface area contributed by atoms with E-state index in [1.54, 1.807) is 12.1 Å². The highest BCUT2D eigenvalue weighted by molar-refractivity contribution is 6.05. The van der Waals surface area contributed by atoms with Crippen LogP contribution >= 0.6 is 0 Å². The Kier molecular flexibility index (Phi) is 3.76. The van der Waals surface area contributed by atoms with E-state index in [0.29, 0.717) is 17.9 Å². The van der Waals surface area contributed by atoms with Crippen LogP contribution in [0.15, 0.2) is 36.4 Å². The Labute approximate surface area is 136 Å². The van der Waals surface area contributed by atoms with Crippen LogP contribution in [0.25, 0.3) is 0 Å². The molecule has 4 nitrogen and oxygen atoms in total. The van der Waals surface area contributed by atoms with Gasteiger partial charge in [-0.2, -0.15) is 0 Å². The molecular formula is C19H21NO3. The maximum absolute atomic E-state index is 12.5. The first-order valence-electron chi connectivity index (χ1n) is 7.75. The van der Waals surface area contributed by atoms with E-state index in [-0.39, 0.29) is 17.1 Å². The van der Waals surface area contributed by atoms with Gasteiger partial charge in [-0.15, -0.1) is 0 Å². The molecule has 3 rings (SSSR count). The molecule has 0 radical (unpaired) electrons. The predicted octanol–water partition coefficient (Wildman–Crippen LogP) is 3.88. The van der Waals surface area contributed by atoms with Gasteiger partial charge in [0, 0.05) is 12.0 Å². The van der Waals surface area contributed by atoms with Crippen molar-refractivity contribution >= 4 is 11.6 Å². The van der Waals surface area contributed by atoms with Gasteiger partial charge >= 0.3 is 0 Å². The summed E-state index contributed by atoms with van der Waals surface area (Å²) in [6.45, 7) is 6.93. The molecule has 2 N–H and O–H groups in total. The molecule has 23 heavy (non-hydrogen) atoms. The minimum atomic E-state index is -0.235. The van der Waals surface area contributed by atoms with E-state index >= 15 is 0 Å². The summed E-state index contributed by atoms with van der Waals surface area (Å²) in [5, 5.41) is 12.8. The zero-order valence-electron chi connectivity index (χ0n) is 13.6. The molecule has 0 aliphatic carbocycles. The number of benzene rings is 2. The lowest BCUT2D eigenvalue weighted by atomic mass is 9.87. The fourth-order valence-electron chi connectivity index (χ4n) is 2.62. The molecule has 0 atom stereocenters. The van der Waals surface area contributed by atoms with Crippen LogP contribution in [0.5, 0.6) is 11.5 Å². The van der Waals surface area contributed by atoms with Crippen LogP contribution in [0.1, 0.15) is 42.3 Å². The van der Waals surface area contributed by atoms with Crippen molar-refractivity contribution in [2.24, 2.45) is 0 Å². The van der Waals surface area contributed by atoms with E-state index in [2.05, 4.69) is 26.1 Å². The standard InChI is InChI=1S/C19H21NO3/c1-19(2,3)14-5-6-16(21)15(11-14)20-18(22)13-4-7-17-12(10-13)8-9-23-17/h4-7,10-11,21H,8-9H2,1-3H3,(H,20,22). The molecule has 2 aromatic carbocycles. The highest BCUT2D eigenvalue weighted by Gasteiger charge is 2.18. The Morgan fingerprint density at radius 2 is 1.96 bits per heavy atom. The number of nitrogens with one attached hydrogen (secondary N) is 1. The molecule has 0 bridgehead atoms. The van der Waals surface area contributed by atoms with Gasteiger partial charge < -0.3 is 15.2 Å². The quantitative estimate of drug-likeness (QED) is 0.828. The van der Waals surface area contributed by atoms with Gasteiger partial charge in [-0.25, -0.2) is 0 Å². The Hall–Kier alpha value is -2.49. The molecule has 0 saturated heterocycles. The Morgan fingerprint density at radius 1 is 1.17 bits per heavy atom. The monoisotopic (exact) mass is 311 g/mol. The first-order chi connectivity index (χ1) is 10.8. The van der Waals surface area contributed by atoms with Crippen LogP contribution in [0.4, 0.5) is 5.69 Å². The maximum atomic E-state index is 12.5. The van der Waals surface area contributed by atoms with E-state index in [4.69, 9.17) is 4.74 Å². The summed E-state index contributed by atoms with van der Waals surface area (Å²) in [6, 6.07) is 10.7. The number of phenols is 1. The van der Waals surface area contributed by atoms with E-state index in [1.807, 2.05) is 24.3 Å². The number of rotatable bonds is 2. The third-order valence-corrected chi connectivity index (χ3v) is 4.06. The van der Waals surface area contributed by atoms with Crippen molar-refractivity contribution in [2.45, 2.75) is 32.6 Å². The fraction of sp³-hybridized carbons (Fsp3) is 0.316. The maximum Gasteiger partial charge on any atom is 0.255 e. The summed E-state index contributed by atoms with van der Waals surface area (Å²) in [5.41, 5.74) is 3.03. The molecule has 1 heterocycles. The second-order valence-corrected chi connectivity index (χ2v) is 6.86. The molecule has 2 aromatic rings. The Balaban J connectivity index is 1.85. The first-order valence-corrected chi connectivity index (χ1v) is 7.75. The number of carbonyl (C=O) groups excluding carboxylic acids is 1. The Morgan fingerprint density at radius 3 is 2.70 bits per heavy atom. The number of fused-ring (bicyclic) bond motifs is 1. The molecular weight excluding hydrogens is 290 g/mol. The molecule has 1 amide bonds. The predicted molar refractivity (Wildman–Crippen MR) is 90.4 cm³/mol. The van der Waals surface area contributed by atoms with Crippen molar-refractivity contribution < 1.29 is 14.6 Å². The third kappa shape index (κ3) is 3.16. The second-order valence-electron chi connectivity index (χ2n) is 6.86. The van der Waals surface area contributed by atoms with E-state index in [0.717, 1.165) is 23.3 Å². The van der Waals surface area contributed by atoms with Crippen LogP contribution in [0.3, 0.4) is 0 Å². The van der Waals surface area contributed by atoms with Crippen molar-refractivity contribution in [3.8, 4) is 11.5 Å². The van der Waals surface area contributed by atoms with Crippen LogP contribution in [0, 0.1) is 0 Å². The zero-order chi connectivity index (χ0) is 16.6. The van der Waals surface area contributed by atoms with Gasteiger partial charge in [0.1, 0.15) is 11.5 Å². The van der Waals surface area contributed by atoms with Gasteiger partial charge in [0.05, 0.1) is 12.3 Å². The van der Waals surface area contributed by atoms with Crippen molar-refractivity contribution in [1.82, 2.24) is 0 Å². The van der Waals surface area contributed by atoms with Crippen molar-refractivity contribution in [1.29, 1.82) is 0 Å². The highest BCUT2D eigenvalue weighted by atomic mass is 16.5. The number of hydrogen-bond acceptors (Lipinski definition) is 3. The summed E-state index contributed by atoms with van der Waals surface area (Å²) < 4.78 is 5.45. The van der Waals surface area contributed by atoms with Gasteiger partial charge in [0.15, 0.2) is 0 Å². The van der Waals surface area contributed by atoms with Gasteiger partial charge in [0.25, 0.3) is 5.91 Å². The zero-order valence-corrected chi connectivity index (χ0v) is 13.6. The number of hydrogen-bond donors (Lipinski definition) is 2. The van der Waals surface area contributed by atoms with E-state index < -0.39 is 0 Å². The lowest BCUT2D eigenvalue weighted by Crippen LogP contribution is -2.15. The Bertz CT molecular complexity index is 760. The number of anilines is 1. The van der Waals surface area contributed by atoms with Gasteiger partial charge in [0.2, 0.25) is 0 Å². The van der Waals surface area contributed by atoms with Crippen molar-refractivity contribution in [3.05, 3.63) is 53.1 Å². The smallest absolute Gasteiger partial charge is 0.255 e. The minimum absolute atomic E-state index is 0.0575. The minimum Gasteiger partial charge on any atom is -0.506 e. The summed E-state index contributed by atoms with van der Waals surface area (Å²) in [7, 11) is 0. The number of ether oxygens (including phenoxy) is 1. The number of carbonyl (C=O) groups is 1. The highest BCUT2D eigenvalue weighted by Crippen LogP contribution is 2.31. The summed E-state index contributed by atoms with van der Waals surface area (Å²) in [4.78, 5) is 12.5. The van der Waals surface area contributed by atoms with E-state index in [9.17, 15) is 9.90 Å². The van der Waals surface area contributed by atoms with Crippen LogP contribution in [-0.4, -0.2) is 17.6 Å². The van der Waals surface area contributed by atoms with Gasteiger partial charge in [-0.05, 0) is 46.9 Å². The molecule has 120 valence electrons. The molecule has 4 heteroatoms. The summed E-state index contributed by atoms with van der Waals surface area (Å²) in [6.07, 6.45) is 0.821. The third-order valence-electron chi connectivity index (χ3n) is 4.06. The normalized spacial score (nSPS) is 13.3. The molecule has 0 fully saturated rings. The first kappa shape index (κ1) is 15.4. The van der Waals surface area contributed by atoms with E-state index in [1.165, 1.54) is 0 Å². The largest absolute Gasteiger partial charge is 0.506 e. The lowest BCUT2D eigenvalue weighted by molar-refractivity contribution is 0.102. The van der Waals surface area contributed by atoms with Crippen molar-refractivity contribution in [3.63, 3.8) is 0 Å².